The van der Waals surface area contributed by atoms with Crippen LogP contribution in [-0.2, 0) is 13.1 Å². The maximum absolute atomic E-state index is 11.6. The van der Waals surface area contributed by atoms with Crippen LogP contribution in [0.25, 0.3) is 0 Å². The van der Waals surface area contributed by atoms with Crippen molar-refractivity contribution in [2.45, 2.75) is 20.0 Å². The van der Waals surface area contributed by atoms with Crippen LogP contribution < -0.4 is 17.0 Å². The van der Waals surface area contributed by atoms with Gasteiger partial charge in [-0.05, 0) is 6.92 Å². The average Bonchev–Trinajstić information content (AvgIpc) is 2.12. The Morgan fingerprint density at radius 1 is 1.57 bits per heavy atom. The molecule has 0 amide bonds. The summed E-state index contributed by atoms with van der Waals surface area (Å²) in [5, 5.41) is 0. The third-order valence-electron chi connectivity index (χ3n) is 1.79. The standard InChI is InChI=1S/C8H11N3O2S/c1-2-10-4-3-7(12)11(8(10)13)5-6(9)14/h3-4H,2,5H2,1H3,(H2,9,14). The summed E-state index contributed by atoms with van der Waals surface area (Å²) in [6.45, 7) is 2.32. The molecule has 0 aliphatic carbocycles. The van der Waals surface area contributed by atoms with Gasteiger partial charge < -0.3 is 10.3 Å². The van der Waals surface area contributed by atoms with Gasteiger partial charge in [0, 0.05) is 18.8 Å². The summed E-state index contributed by atoms with van der Waals surface area (Å²) >= 11 is 4.65. The molecular weight excluding hydrogens is 202 g/mol. The van der Waals surface area contributed by atoms with E-state index >= 15 is 0 Å². The fraction of sp³-hybridized carbons (Fsp3) is 0.375. The number of hydrogen-bond acceptors (Lipinski definition) is 3. The van der Waals surface area contributed by atoms with Gasteiger partial charge in [-0.15, -0.1) is 0 Å². The molecule has 0 aliphatic heterocycles. The predicted octanol–water partition coefficient (Wildman–Crippen LogP) is -0.684. The van der Waals surface area contributed by atoms with Gasteiger partial charge in [-0.25, -0.2) is 4.79 Å². The minimum atomic E-state index is -0.382. The highest BCUT2D eigenvalue weighted by Gasteiger charge is 2.04. The van der Waals surface area contributed by atoms with E-state index in [1.807, 2.05) is 6.92 Å². The maximum Gasteiger partial charge on any atom is 0.331 e. The summed E-state index contributed by atoms with van der Waals surface area (Å²) in [6.07, 6.45) is 1.46. The fourth-order valence-corrected chi connectivity index (χ4v) is 1.23. The van der Waals surface area contributed by atoms with Crippen LogP contribution in [0.4, 0.5) is 0 Å². The Morgan fingerprint density at radius 3 is 2.71 bits per heavy atom. The van der Waals surface area contributed by atoms with E-state index in [1.54, 1.807) is 0 Å². The second-order valence-electron chi connectivity index (χ2n) is 2.78. The normalized spacial score (nSPS) is 10.1. The quantitative estimate of drug-likeness (QED) is 0.675. The first-order chi connectivity index (χ1) is 6.56. The molecule has 0 atom stereocenters. The first-order valence-electron chi connectivity index (χ1n) is 4.15. The van der Waals surface area contributed by atoms with Crippen molar-refractivity contribution in [3.63, 3.8) is 0 Å². The van der Waals surface area contributed by atoms with Crippen LogP contribution in [0.2, 0.25) is 0 Å². The van der Waals surface area contributed by atoms with Crippen LogP contribution in [-0.4, -0.2) is 14.1 Å². The predicted molar refractivity (Wildman–Crippen MR) is 57.4 cm³/mol. The zero-order chi connectivity index (χ0) is 10.7. The first kappa shape index (κ1) is 10.6. The Kier molecular flexibility index (Phi) is 3.19. The maximum atomic E-state index is 11.6. The molecule has 1 aromatic rings. The van der Waals surface area contributed by atoms with Crippen LogP contribution in [0.3, 0.4) is 0 Å². The molecule has 14 heavy (non-hydrogen) atoms. The fourth-order valence-electron chi connectivity index (χ4n) is 1.10. The molecule has 0 aliphatic rings. The highest BCUT2D eigenvalue weighted by Crippen LogP contribution is 1.79. The third-order valence-corrected chi connectivity index (χ3v) is 1.92. The van der Waals surface area contributed by atoms with E-state index in [-0.39, 0.29) is 22.8 Å². The molecule has 76 valence electrons. The molecule has 0 saturated carbocycles. The molecule has 1 rings (SSSR count). The van der Waals surface area contributed by atoms with Crippen LogP contribution in [0.5, 0.6) is 0 Å². The van der Waals surface area contributed by atoms with Crippen molar-refractivity contribution in [1.82, 2.24) is 9.13 Å². The third kappa shape index (κ3) is 2.08. The zero-order valence-corrected chi connectivity index (χ0v) is 8.58. The second-order valence-corrected chi connectivity index (χ2v) is 3.30. The van der Waals surface area contributed by atoms with Crippen molar-refractivity contribution in [3.8, 4) is 0 Å². The number of nitrogens with zero attached hydrogens (tertiary/aromatic N) is 2. The molecule has 0 saturated heterocycles. The number of aromatic nitrogens is 2. The average molecular weight is 213 g/mol. The Morgan fingerprint density at radius 2 is 2.21 bits per heavy atom. The van der Waals surface area contributed by atoms with E-state index in [9.17, 15) is 9.59 Å². The molecule has 0 unspecified atom stereocenters. The van der Waals surface area contributed by atoms with Crippen LogP contribution in [0, 0.1) is 0 Å². The van der Waals surface area contributed by atoms with Crippen LogP contribution in [0.15, 0.2) is 21.9 Å². The largest absolute Gasteiger partial charge is 0.392 e. The van der Waals surface area contributed by atoms with Crippen molar-refractivity contribution in [3.05, 3.63) is 33.1 Å². The van der Waals surface area contributed by atoms with Gasteiger partial charge in [-0.2, -0.15) is 0 Å². The van der Waals surface area contributed by atoms with E-state index < -0.39 is 0 Å². The summed E-state index contributed by atoms with van der Waals surface area (Å²) in [6, 6.07) is 1.32. The van der Waals surface area contributed by atoms with Crippen molar-refractivity contribution >= 4 is 17.2 Å². The molecule has 1 aromatic heterocycles. The lowest BCUT2D eigenvalue weighted by molar-refractivity contribution is 0.615. The lowest BCUT2D eigenvalue weighted by atomic mass is 10.5. The smallest absolute Gasteiger partial charge is 0.331 e. The van der Waals surface area contributed by atoms with Crippen molar-refractivity contribution in [2.75, 3.05) is 0 Å². The van der Waals surface area contributed by atoms with Crippen LogP contribution in [0.1, 0.15) is 6.92 Å². The minimum absolute atomic E-state index is 0.00611. The van der Waals surface area contributed by atoms with Gasteiger partial charge in [0.1, 0.15) is 0 Å². The molecule has 0 bridgehead atoms. The van der Waals surface area contributed by atoms with Crippen molar-refractivity contribution in [1.29, 1.82) is 0 Å². The Hall–Kier alpha value is -1.43. The molecule has 5 nitrogen and oxygen atoms in total. The molecule has 0 radical (unpaired) electrons. The van der Waals surface area contributed by atoms with Gasteiger partial charge in [0.05, 0.1) is 11.5 Å². The van der Waals surface area contributed by atoms with Gasteiger partial charge in [-0.3, -0.25) is 9.36 Å². The van der Waals surface area contributed by atoms with Gasteiger partial charge >= 0.3 is 5.69 Å². The van der Waals surface area contributed by atoms with Gasteiger partial charge in [-0.1, -0.05) is 12.2 Å². The first-order valence-corrected chi connectivity index (χ1v) is 4.55. The van der Waals surface area contributed by atoms with E-state index in [4.69, 9.17) is 5.73 Å². The summed E-state index contributed by atoms with van der Waals surface area (Å²) < 4.78 is 2.44. The Balaban J connectivity index is 3.33. The summed E-state index contributed by atoms with van der Waals surface area (Å²) in [4.78, 5) is 23.0. The van der Waals surface area contributed by atoms with E-state index in [0.29, 0.717) is 6.54 Å². The van der Waals surface area contributed by atoms with Gasteiger partial charge in [0.25, 0.3) is 5.56 Å². The highest BCUT2D eigenvalue weighted by molar-refractivity contribution is 7.80. The number of nitrogens with two attached hydrogens (primary N) is 1. The topological polar surface area (TPSA) is 70.0 Å². The molecule has 0 aromatic carbocycles. The van der Waals surface area contributed by atoms with E-state index in [2.05, 4.69) is 12.2 Å². The summed E-state index contributed by atoms with van der Waals surface area (Å²) in [5.41, 5.74) is 4.51. The van der Waals surface area contributed by atoms with Crippen molar-refractivity contribution < 1.29 is 0 Å². The second kappa shape index (κ2) is 4.19. The van der Waals surface area contributed by atoms with E-state index in [0.717, 1.165) is 4.57 Å². The Labute approximate surface area is 85.8 Å². The zero-order valence-electron chi connectivity index (χ0n) is 7.77. The molecule has 0 spiro atoms. The lowest BCUT2D eigenvalue weighted by Gasteiger charge is -2.06. The van der Waals surface area contributed by atoms with Crippen molar-refractivity contribution in [2.24, 2.45) is 5.73 Å². The van der Waals surface area contributed by atoms with E-state index in [1.165, 1.54) is 16.8 Å². The SMILES string of the molecule is CCn1ccc(=O)n(CC(N)=S)c1=O. The number of aryl methyl sites for hydroxylation is 1. The molecule has 0 fully saturated rings. The van der Waals surface area contributed by atoms with Gasteiger partial charge in [0.15, 0.2) is 0 Å². The number of rotatable bonds is 3. The minimum Gasteiger partial charge on any atom is -0.392 e. The highest BCUT2D eigenvalue weighted by atomic mass is 32.1. The molecule has 6 heteroatoms. The van der Waals surface area contributed by atoms with Crippen LogP contribution >= 0.6 is 12.2 Å². The molecular formula is C8H11N3O2S. The Bertz CT molecular complexity index is 460. The van der Waals surface area contributed by atoms with Gasteiger partial charge in [0.2, 0.25) is 0 Å². The molecule has 2 N–H and O–H groups in total. The molecule has 1 heterocycles. The summed E-state index contributed by atoms with van der Waals surface area (Å²) in [5.74, 6) is 0. The monoisotopic (exact) mass is 213 g/mol. The number of hydrogen-bond donors (Lipinski definition) is 1. The summed E-state index contributed by atoms with van der Waals surface area (Å²) in [7, 11) is 0. The lowest BCUT2D eigenvalue weighted by Crippen LogP contribution is -2.41. The number of thiocarbonyl (C=S) groups is 1.